The van der Waals surface area contributed by atoms with E-state index in [1.807, 2.05) is 13.0 Å². The second-order valence-electron chi connectivity index (χ2n) is 4.22. The Morgan fingerprint density at radius 1 is 1.28 bits per heavy atom. The van der Waals surface area contributed by atoms with Crippen molar-refractivity contribution >= 4 is 0 Å². The highest BCUT2D eigenvalue weighted by atomic mass is 19.1. The number of rotatable bonds is 5. The van der Waals surface area contributed by atoms with Gasteiger partial charge in [-0.05, 0) is 36.8 Å². The number of hydrogen-bond acceptors (Lipinski definition) is 3. The smallest absolute Gasteiger partial charge is 0.129 e. The van der Waals surface area contributed by atoms with Crippen molar-refractivity contribution in [1.82, 2.24) is 0 Å². The van der Waals surface area contributed by atoms with E-state index in [-0.39, 0.29) is 18.0 Å². The number of benzene rings is 1. The van der Waals surface area contributed by atoms with Crippen LogP contribution in [0.15, 0.2) is 47.1 Å². The molecule has 2 rings (SSSR count). The fourth-order valence-corrected chi connectivity index (χ4v) is 1.77. The van der Waals surface area contributed by atoms with Gasteiger partial charge in [-0.3, -0.25) is 0 Å². The van der Waals surface area contributed by atoms with Crippen molar-refractivity contribution < 1.29 is 13.5 Å². The van der Waals surface area contributed by atoms with Crippen molar-refractivity contribution in [2.75, 3.05) is 0 Å². The molecule has 0 spiro atoms. The van der Waals surface area contributed by atoms with Gasteiger partial charge in [0.1, 0.15) is 18.2 Å². The lowest BCUT2D eigenvalue weighted by Gasteiger charge is -2.21. The third kappa shape index (κ3) is 3.18. The Hall–Kier alpha value is -1.65. The lowest BCUT2D eigenvalue weighted by molar-refractivity contribution is 0.0169. The maximum Gasteiger partial charge on any atom is 0.129 e. The van der Waals surface area contributed by atoms with E-state index < -0.39 is 0 Å². The first-order valence-corrected chi connectivity index (χ1v) is 5.82. The molecule has 2 atom stereocenters. The van der Waals surface area contributed by atoms with Crippen molar-refractivity contribution in [1.29, 1.82) is 0 Å². The Labute approximate surface area is 105 Å². The van der Waals surface area contributed by atoms with Gasteiger partial charge in [0.2, 0.25) is 0 Å². The first-order valence-electron chi connectivity index (χ1n) is 5.82. The predicted molar refractivity (Wildman–Crippen MR) is 66.3 cm³/mol. The molecule has 1 heterocycles. The van der Waals surface area contributed by atoms with Gasteiger partial charge in [-0.15, -0.1) is 0 Å². The number of ether oxygens (including phenoxy) is 1. The fourth-order valence-electron chi connectivity index (χ4n) is 1.77. The molecule has 0 aliphatic rings. The molecule has 1 aromatic heterocycles. The molecule has 0 radical (unpaired) electrons. The first-order chi connectivity index (χ1) is 8.66. The van der Waals surface area contributed by atoms with Gasteiger partial charge in [-0.1, -0.05) is 12.1 Å². The highest BCUT2D eigenvalue weighted by Crippen LogP contribution is 2.22. The van der Waals surface area contributed by atoms with E-state index in [1.165, 1.54) is 12.1 Å². The van der Waals surface area contributed by atoms with Crippen LogP contribution in [0, 0.1) is 5.82 Å². The monoisotopic (exact) mass is 249 g/mol. The Bertz CT molecular complexity index is 465. The van der Waals surface area contributed by atoms with E-state index in [0.717, 1.165) is 11.3 Å². The van der Waals surface area contributed by atoms with Crippen LogP contribution in [0.5, 0.6) is 0 Å². The molecule has 0 fully saturated rings. The van der Waals surface area contributed by atoms with Crippen LogP contribution in [0.1, 0.15) is 24.4 Å². The minimum absolute atomic E-state index is 0.189. The zero-order valence-electron chi connectivity index (χ0n) is 10.2. The molecule has 18 heavy (non-hydrogen) atoms. The van der Waals surface area contributed by atoms with Gasteiger partial charge < -0.3 is 14.9 Å². The van der Waals surface area contributed by atoms with Crippen molar-refractivity contribution in [3.05, 3.63) is 59.8 Å². The number of hydrogen-bond donors (Lipinski definition) is 1. The molecule has 0 aliphatic heterocycles. The summed E-state index contributed by atoms with van der Waals surface area (Å²) in [5, 5.41) is 0. The molecule has 0 saturated heterocycles. The highest BCUT2D eigenvalue weighted by Gasteiger charge is 2.17. The third-order valence-corrected chi connectivity index (χ3v) is 2.66. The summed E-state index contributed by atoms with van der Waals surface area (Å²) in [6.45, 7) is 2.20. The van der Waals surface area contributed by atoms with E-state index in [9.17, 15) is 4.39 Å². The van der Waals surface area contributed by atoms with Gasteiger partial charge in [0.15, 0.2) is 0 Å². The summed E-state index contributed by atoms with van der Waals surface area (Å²) in [6.07, 6.45) is 1.31. The molecule has 96 valence electrons. The summed E-state index contributed by atoms with van der Waals surface area (Å²) in [7, 11) is 0. The molecule has 2 aromatic rings. The second kappa shape index (κ2) is 5.80. The molecule has 4 heteroatoms. The molecule has 2 unspecified atom stereocenters. The average Bonchev–Trinajstić information content (AvgIpc) is 2.84. The molecule has 1 aromatic carbocycles. The van der Waals surface area contributed by atoms with Gasteiger partial charge in [-0.2, -0.15) is 0 Å². The Morgan fingerprint density at radius 2 is 2.00 bits per heavy atom. The van der Waals surface area contributed by atoms with Crippen molar-refractivity contribution in [2.24, 2.45) is 5.73 Å². The summed E-state index contributed by atoms with van der Waals surface area (Å²) in [6, 6.07) is 9.63. The normalized spacial score (nSPS) is 14.4. The molecule has 0 amide bonds. The fraction of sp³-hybridized carbons (Fsp3) is 0.286. The topological polar surface area (TPSA) is 48.4 Å². The number of halogens is 1. The summed E-state index contributed by atoms with van der Waals surface area (Å²) < 4.78 is 23.8. The molecular formula is C14H16FNO2. The summed E-state index contributed by atoms with van der Waals surface area (Å²) in [5.41, 5.74) is 6.76. The van der Waals surface area contributed by atoms with Crippen LogP contribution < -0.4 is 5.73 Å². The van der Waals surface area contributed by atoms with Crippen LogP contribution in [-0.4, -0.2) is 6.04 Å². The maximum absolute atomic E-state index is 12.9. The predicted octanol–water partition coefficient (Wildman–Crippen LogP) is 3.02. The highest BCUT2D eigenvalue weighted by molar-refractivity contribution is 5.20. The van der Waals surface area contributed by atoms with Crippen molar-refractivity contribution in [2.45, 2.75) is 25.7 Å². The molecule has 0 saturated carbocycles. The minimum Gasteiger partial charge on any atom is -0.467 e. The third-order valence-electron chi connectivity index (χ3n) is 2.66. The molecular weight excluding hydrogens is 233 g/mol. The average molecular weight is 249 g/mol. The van der Waals surface area contributed by atoms with E-state index in [0.29, 0.717) is 6.61 Å². The van der Waals surface area contributed by atoms with Crippen molar-refractivity contribution in [3.63, 3.8) is 0 Å². The van der Waals surface area contributed by atoms with Crippen LogP contribution in [0.4, 0.5) is 4.39 Å². The minimum atomic E-state index is -0.282. The molecule has 0 bridgehead atoms. The van der Waals surface area contributed by atoms with Crippen LogP contribution in [0.3, 0.4) is 0 Å². The van der Waals surface area contributed by atoms with Gasteiger partial charge in [0, 0.05) is 6.04 Å². The maximum atomic E-state index is 12.9. The van der Waals surface area contributed by atoms with Gasteiger partial charge in [0.05, 0.1) is 12.4 Å². The largest absolute Gasteiger partial charge is 0.467 e. The summed E-state index contributed by atoms with van der Waals surface area (Å²) >= 11 is 0. The van der Waals surface area contributed by atoms with E-state index in [4.69, 9.17) is 14.9 Å². The van der Waals surface area contributed by atoms with Crippen LogP contribution in [0.25, 0.3) is 0 Å². The Morgan fingerprint density at radius 3 is 2.56 bits per heavy atom. The number of nitrogens with two attached hydrogens (primary N) is 1. The van der Waals surface area contributed by atoms with E-state index >= 15 is 0 Å². The standard InChI is InChI=1S/C14H16FNO2/c1-10(16)14(11-4-6-12(15)7-5-11)18-9-13-3-2-8-17-13/h2-8,10,14H,9,16H2,1H3. The van der Waals surface area contributed by atoms with E-state index in [1.54, 1.807) is 24.5 Å². The Balaban J connectivity index is 2.06. The van der Waals surface area contributed by atoms with Gasteiger partial charge in [-0.25, -0.2) is 4.39 Å². The SMILES string of the molecule is CC(N)C(OCc1ccco1)c1ccc(F)cc1. The molecule has 3 nitrogen and oxygen atoms in total. The van der Waals surface area contributed by atoms with Gasteiger partial charge in [0.25, 0.3) is 0 Å². The Kier molecular flexibility index (Phi) is 4.12. The zero-order valence-corrected chi connectivity index (χ0v) is 10.2. The van der Waals surface area contributed by atoms with Crippen molar-refractivity contribution in [3.8, 4) is 0 Å². The van der Waals surface area contributed by atoms with E-state index in [2.05, 4.69) is 0 Å². The lowest BCUT2D eigenvalue weighted by atomic mass is 10.0. The van der Waals surface area contributed by atoms with Crippen LogP contribution in [0.2, 0.25) is 0 Å². The van der Waals surface area contributed by atoms with Crippen LogP contribution in [-0.2, 0) is 11.3 Å². The van der Waals surface area contributed by atoms with Crippen LogP contribution >= 0.6 is 0 Å². The second-order valence-corrected chi connectivity index (χ2v) is 4.22. The quantitative estimate of drug-likeness (QED) is 0.886. The zero-order chi connectivity index (χ0) is 13.0. The molecule has 0 aliphatic carbocycles. The number of furan rings is 1. The summed E-state index contributed by atoms with van der Waals surface area (Å²) in [5.74, 6) is 0.468. The summed E-state index contributed by atoms with van der Waals surface area (Å²) in [4.78, 5) is 0. The molecule has 2 N–H and O–H groups in total. The van der Waals surface area contributed by atoms with Gasteiger partial charge >= 0.3 is 0 Å². The first kappa shape index (κ1) is 12.8. The lowest BCUT2D eigenvalue weighted by Crippen LogP contribution is -2.26.